The quantitative estimate of drug-likeness (QED) is 0.423. The number of nitrogens with zero attached hydrogens (tertiary/aromatic N) is 1. The minimum absolute atomic E-state index is 0.0102. The van der Waals surface area contributed by atoms with Crippen molar-refractivity contribution in [3.63, 3.8) is 0 Å². The number of amides is 1. The van der Waals surface area contributed by atoms with Gasteiger partial charge in [0.25, 0.3) is 5.91 Å². The molecule has 3 aromatic carbocycles. The van der Waals surface area contributed by atoms with Crippen molar-refractivity contribution in [1.29, 1.82) is 0 Å². The number of aryl methyl sites for hydroxylation is 1. The van der Waals surface area contributed by atoms with Crippen molar-refractivity contribution in [2.24, 2.45) is 0 Å². The van der Waals surface area contributed by atoms with Crippen LogP contribution in [0.25, 0.3) is 0 Å². The van der Waals surface area contributed by atoms with Gasteiger partial charge in [0.1, 0.15) is 0 Å². The molecule has 3 rings (SSSR count). The highest BCUT2D eigenvalue weighted by Crippen LogP contribution is 2.35. The number of rotatable bonds is 9. The molecule has 0 aliphatic heterocycles. The van der Waals surface area contributed by atoms with Crippen LogP contribution in [0.1, 0.15) is 47.8 Å². The van der Waals surface area contributed by atoms with Crippen LogP contribution >= 0.6 is 0 Å². The first-order chi connectivity index (χ1) is 15.7. The largest absolute Gasteiger partial charge is 0.410 e. The van der Waals surface area contributed by atoms with E-state index in [0.717, 1.165) is 17.5 Å². The average Bonchev–Trinajstić information content (AvgIpc) is 2.81. The van der Waals surface area contributed by atoms with Gasteiger partial charge in [-0.3, -0.25) is 4.79 Å². The highest BCUT2D eigenvalue weighted by Gasteiger charge is 2.42. The van der Waals surface area contributed by atoms with Crippen LogP contribution < -0.4 is 0 Å². The minimum Gasteiger partial charge on any atom is -0.410 e. The molecule has 0 saturated heterocycles. The van der Waals surface area contributed by atoms with E-state index in [0.29, 0.717) is 31.1 Å². The van der Waals surface area contributed by atoms with Crippen molar-refractivity contribution in [3.8, 4) is 0 Å². The molecule has 5 heteroatoms. The molecule has 2 N–H and O–H groups in total. The second-order valence-electron chi connectivity index (χ2n) is 9.71. The Morgan fingerprint density at radius 2 is 1.36 bits per heavy atom. The Hall–Kier alpha value is -2.73. The third-order valence-corrected chi connectivity index (χ3v) is 9.50. The smallest absolute Gasteiger partial charge is 0.338 e. The van der Waals surface area contributed by atoms with Crippen LogP contribution in [-0.2, 0) is 19.4 Å². The van der Waals surface area contributed by atoms with Crippen LogP contribution in [-0.4, -0.2) is 35.5 Å². The summed E-state index contributed by atoms with van der Waals surface area (Å²) >= 11 is 0. The highest BCUT2D eigenvalue weighted by atomic mass is 28.4. The van der Waals surface area contributed by atoms with Crippen LogP contribution in [0.3, 0.4) is 0 Å². The van der Waals surface area contributed by atoms with Gasteiger partial charge in [0.05, 0.1) is 0 Å². The molecule has 0 saturated carbocycles. The summed E-state index contributed by atoms with van der Waals surface area (Å²) in [6.45, 7) is 6.77. The number of hydrogen-bond acceptors (Lipinski definition) is 3. The Morgan fingerprint density at radius 3 is 1.97 bits per heavy atom. The molecular formula is C28H35NO3Si. The summed E-state index contributed by atoms with van der Waals surface area (Å²) in [7, 11) is -3.35. The molecule has 174 valence electrons. The standard InChI is InChI=1S/C28H35NO3Si/c1-28(2,3)33(31,32)20-18-24-15-10-16-26(21-24)27(30)29(22-25-13-8-5-9-14-25)19-17-23-11-6-4-7-12-23/h4-16,21,31-32H,17-20,22H2,1-3H3. The lowest BCUT2D eigenvalue weighted by molar-refractivity contribution is 0.0745. The fraction of sp³-hybridized carbons (Fsp3) is 0.321. The van der Waals surface area contributed by atoms with Crippen LogP contribution in [0.2, 0.25) is 11.1 Å². The lowest BCUT2D eigenvalue weighted by Crippen LogP contribution is -2.44. The van der Waals surface area contributed by atoms with Gasteiger partial charge in [0.2, 0.25) is 0 Å². The minimum atomic E-state index is -3.35. The molecule has 0 heterocycles. The zero-order chi connectivity index (χ0) is 23.9. The van der Waals surface area contributed by atoms with Crippen molar-refractivity contribution in [2.75, 3.05) is 6.54 Å². The molecule has 1 amide bonds. The summed E-state index contributed by atoms with van der Waals surface area (Å²) in [5, 5.41) is -0.510. The van der Waals surface area contributed by atoms with E-state index in [1.807, 2.05) is 98.5 Å². The van der Waals surface area contributed by atoms with Gasteiger partial charge in [-0.25, -0.2) is 0 Å². The Labute approximate surface area is 198 Å². The fourth-order valence-corrected chi connectivity index (χ4v) is 5.09. The van der Waals surface area contributed by atoms with Crippen LogP contribution in [0.5, 0.6) is 0 Å². The Morgan fingerprint density at radius 1 is 0.788 bits per heavy atom. The molecule has 0 aliphatic carbocycles. The first-order valence-electron chi connectivity index (χ1n) is 11.6. The summed E-state index contributed by atoms with van der Waals surface area (Å²) in [6, 6.07) is 28.2. The number of hydrogen-bond donors (Lipinski definition) is 2. The molecular weight excluding hydrogens is 426 g/mol. The van der Waals surface area contributed by atoms with E-state index in [-0.39, 0.29) is 5.91 Å². The van der Waals surface area contributed by atoms with Crippen molar-refractivity contribution < 1.29 is 14.4 Å². The highest BCUT2D eigenvalue weighted by molar-refractivity contribution is 6.67. The van der Waals surface area contributed by atoms with E-state index >= 15 is 0 Å². The third-order valence-electron chi connectivity index (χ3n) is 6.15. The van der Waals surface area contributed by atoms with Gasteiger partial charge in [-0.05, 0) is 47.7 Å². The van der Waals surface area contributed by atoms with Gasteiger partial charge in [-0.1, -0.05) is 93.6 Å². The second-order valence-corrected chi connectivity index (χ2v) is 13.3. The predicted octanol–water partition coefficient (Wildman–Crippen LogP) is 5.34. The van der Waals surface area contributed by atoms with Gasteiger partial charge in [-0.2, -0.15) is 0 Å². The third kappa shape index (κ3) is 7.12. The van der Waals surface area contributed by atoms with Gasteiger partial charge < -0.3 is 14.5 Å². The zero-order valence-electron chi connectivity index (χ0n) is 19.9. The maximum absolute atomic E-state index is 13.5. The van der Waals surface area contributed by atoms with E-state index in [1.54, 1.807) is 0 Å². The van der Waals surface area contributed by atoms with E-state index in [1.165, 1.54) is 5.56 Å². The van der Waals surface area contributed by atoms with Crippen molar-refractivity contribution >= 4 is 14.5 Å². The van der Waals surface area contributed by atoms with Gasteiger partial charge >= 0.3 is 8.56 Å². The molecule has 0 spiro atoms. The predicted molar refractivity (Wildman–Crippen MR) is 136 cm³/mol. The maximum atomic E-state index is 13.5. The number of benzene rings is 3. The lowest BCUT2D eigenvalue weighted by atomic mass is 10.1. The number of carbonyl (C=O) groups excluding carboxylic acids is 1. The van der Waals surface area contributed by atoms with E-state index < -0.39 is 13.6 Å². The van der Waals surface area contributed by atoms with Crippen LogP contribution in [0.15, 0.2) is 84.9 Å². The summed E-state index contributed by atoms with van der Waals surface area (Å²) in [6.07, 6.45) is 1.33. The normalized spacial score (nSPS) is 11.9. The molecule has 3 aromatic rings. The SMILES string of the molecule is CC(C)(C)[Si](O)(O)CCc1cccc(C(=O)N(CCc2ccccc2)Cc2ccccc2)c1. The molecule has 0 atom stereocenters. The Balaban J connectivity index is 1.76. The maximum Gasteiger partial charge on any atom is 0.338 e. The van der Waals surface area contributed by atoms with Crippen molar-refractivity contribution in [2.45, 2.75) is 51.2 Å². The topological polar surface area (TPSA) is 60.8 Å². The van der Waals surface area contributed by atoms with Crippen LogP contribution in [0, 0.1) is 0 Å². The van der Waals surface area contributed by atoms with Crippen LogP contribution in [0.4, 0.5) is 0 Å². The summed E-state index contributed by atoms with van der Waals surface area (Å²) < 4.78 is 0. The van der Waals surface area contributed by atoms with Gasteiger partial charge in [0, 0.05) is 23.7 Å². The molecule has 4 nitrogen and oxygen atoms in total. The molecule has 0 aromatic heterocycles. The summed E-state index contributed by atoms with van der Waals surface area (Å²) in [5.41, 5.74) is 3.88. The molecule has 0 aliphatic rings. The monoisotopic (exact) mass is 461 g/mol. The summed E-state index contributed by atoms with van der Waals surface area (Å²) in [5.74, 6) is -0.0102. The van der Waals surface area contributed by atoms with Gasteiger partial charge in [-0.15, -0.1) is 0 Å². The fourth-order valence-electron chi connectivity index (χ4n) is 3.70. The second kappa shape index (κ2) is 10.9. The first-order valence-corrected chi connectivity index (χ1v) is 13.7. The molecule has 0 fully saturated rings. The summed E-state index contributed by atoms with van der Waals surface area (Å²) in [4.78, 5) is 36.5. The average molecular weight is 462 g/mol. The molecule has 0 radical (unpaired) electrons. The Bertz CT molecular complexity index is 1030. The zero-order valence-corrected chi connectivity index (χ0v) is 20.9. The van der Waals surface area contributed by atoms with Crippen molar-refractivity contribution in [1.82, 2.24) is 4.90 Å². The molecule has 0 unspecified atom stereocenters. The molecule has 33 heavy (non-hydrogen) atoms. The first kappa shape index (κ1) is 24.9. The van der Waals surface area contributed by atoms with E-state index in [9.17, 15) is 14.4 Å². The van der Waals surface area contributed by atoms with E-state index in [2.05, 4.69) is 12.1 Å². The van der Waals surface area contributed by atoms with Gasteiger partial charge in [0.15, 0.2) is 0 Å². The lowest BCUT2D eigenvalue weighted by Gasteiger charge is -2.31. The molecule has 0 bridgehead atoms. The van der Waals surface area contributed by atoms with E-state index in [4.69, 9.17) is 0 Å². The van der Waals surface area contributed by atoms with Crippen molar-refractivity contribution in [3.05, 3.63) is 107 Å². The number of carbonyl (C=O) groups is 1. The Kier molecular flexibility index (Phi) is 8.24.